The molecular weight excluding hydrogens is 393 g/mol. The summed E-state index contributed by atoms with van der Waals surface area (Å²) in [6, 6.07) is 12.4. The molecule has 0 spiro atoms. The average Bonchev–Trinajstić information content (AvgIpc) is 2.73. The summed E-state index contributed by atoms with van der Waals surface area (Å²) in [6.07, 6.45) is -3.47. The number of alkyl halides is 3. The minimum Gasteiger partial charge on any atom is -0.352 e. The Labute approximate surface area is 174 Å². The normalized spacial score (nSPS) is 12.9. The zero-order chi connectivity index (χ0) is 22.1. The third-order valence-corrected chi connectivity index (χ3v) is 4.63. The van der Waals surface area contributed by atoms with Gasteiger partial charge in [0.2, 0.25) is 0 Å². The first-order valence-corrected chi connectivity index (χ1v) is 9.73. The highest BCUT2D eigenvalue weighted by Crippen LogP contribution is 2.29. The van der Waals surface area contributed by atoms with Gasteiger partial charge in [0, 0.05) is 31.7 Å². The molecule has 0 fully saturated rings. The Bertz CT molecular complexity index is 846. The number of rotatable bonds is 7. The van der Waals surface area contributed by atoms with Crippen LogP contribution >= 0.6 is 0 Å². The van der Waals surface area contributed by atoms with Gasteiger partial charge in [-0.05, 0) is 48.7 Å². The summed E-state index contributed by atoms with van der Waals surface area (Å²) in [5.41, 5.74) is 1.61. The van der Waals surface area contributed by atoms with Crippen LogP contribution in [-0.4, -0.2) is 25.0 Å². The van der Waals surface area contributed by atoms with Crippen LogP contribution in [-0.2, 0) is 19.3 Å². The minimum absolute atomic E-state index is 0.0992. The van der Waals surface area contributed by atoms with E-state index in [0.717, 1.165) is 24.1 Å². The number of hydrogen-bond donors (Lipinski definition) is 3. The van der Waals surface area contributed by atoms with Crippen molar-refractivity contribution in [2.24, 2.45) is 4.99 Å². The number of carbonyl (C=O) groups excluding carboxylic acids is 1. The molecule has 8 heteroatoms. The van der Waals surface area contributed by atoms with Crippen LogP contribution in [0.25, 0.3) is 0 Å². The van der Waals surface area contributed by atoms with Crippen LogP contribution in [0.1, 0.15) is 47.3 Å². The van der Waals surface area contributed by atoms with E-state index in [1.54, 1.807) is 19.2 Å². The number of nitrogens with zero attached hydrogens (tertiary/aromatic N) is 1. The molecule has 0 saturated carbocycles. The third-order valence-electron chi connectivity index (χ3n) is 4.63. The molecule has 2 aromatic carbocycles. The third kappa shape index (κ3) is 7.09. The number of benzene rings is 2. The monoisotopic (exact) mass is 420 g/mol. The van der Waals surface area contributed by atoms with Crippen molar-refractivity contribution in [3.05, 3.63) is 70.8 Å². The van der Waals surface area contributed by atoms with Crippen LogP contribution < -0.4 is 16.0 Å². The van der Waals surface area contributed by atoms with E-state index in [1.165, 1.54) is 12.1 Å². The van der Waals surface area contributed by atoms with E-state index in [9.17, 15) is 18.0 Å². The molecule has 30 heavy (non-hydrogen) atoms. The predicted molar refractivity (Wildman–Crippen MR) is 112 cm³/mol. The van der Waals surface area contributed by atoms with Crippen LogP contribution in [0, 0.1) is 0 Å². The lowest BCUT2D eigenvalue weighted by Crippen LogP contribution is -2.36. The molecule has 0 aliphatic carbocycles. The van der Waals surface area contributed by atoms with E-state index in [2.05, 4.69) is 20.9 Å². The van der Waals surface area contributed by atoms with E-state index in [0.29, 0.717) is 30.2 Å². The summed E-state index contributed by atoms with van der Waals surface area (Å²) < 4.78 is 37.9. The Morgan fingerprint density at radius 3 is 1.90 bits per heavy atom. The highest BCUT2D eigenvalue weighted by Gasteiger charge is 2.29. The lowest BCUT2D eigenvalue weighted by molar-refractivity contribution is -0.137. The van der Waals surface area contributed by atoms with Crippen molar-refractivity contribution >= 4 is 11.9 Å². The van der Waals surface area contributed by atoms with Gasteiger partial charge >= 0.3 is 6.18 Å². The average molecular weight is 420 g/mol. The second kappa shape index (κ2) is 10.7. The molecule has 0 saturated heterocycles. The van der Waals surface area contributed by atoms with Crippen molar-refractivity contribution < 1.29 is 18.0 Å². The summed E-state index contributed by atoms with van der Waals surface area (Å²) in [4.78, 5) is 16.2. The van der Waals surface area contributed by atoms with Crippen molar-refractivity contribution in [3.63, 3.8) is 0 Å². The van der Waals surface area contributed by atoms with Crippen molar-refractivity contribution in [2.75, 3.05) is 7.05 Å². The summed E-state index contributed by atoms with van der Waals surface area (Å²) in [7, 11) is 1.62. The van der Waals surface area contributed by atoms with Gasteiger partial charge in [0.1, 0.15) is 0 Å². The molecule has 2 rings (SSSR count). The lowest BCUT2D eigenvalue weighted by Gasteiger charge is -2.14. The van der Waals surface area contributed by atoms with E-state index < -0.39 is 11.7 Å². The van der Waals surface area contributed by atoms with Gasteiger partial charge in [0.15, 0.2) is 5.96 Å². The van der Waals surface area contributed by atoms with Gasteiger partial charge in [-0.15, -0.1) is 0 Å². The summed E-state index contributed by atoms with van der Waals surface area (Å²) in [5.74, 6) is 0.423. The molecule has 5 nitrogen and oxygen atoms in total. The van der Waals surface area contributed by atoms with Crippen LogP contribution in [0.5, 0.6) is 0 Å². The summed E-state index contributed by atoms with van der Waals surface area (Å²) in [6.45, 7) is 4.80. The quantitative estimate of drug-likeness (QED) is 0.467. The fourth-order valence-electron chi connectivity index (χ4n) is 2.59. The largest absolute Gasteiger partial charge is 0.416 e. The maximum absolute atomic E-state index is 12.6. The molecular formula is C22H27F3N4O. The van der Waals surface area contributed by atoms with E-state index in [4.69, 9.17) is 0 Å². The summed E-state index contributed by atoms with van der Waals surface area (Å²) in [5, 5.41) is 9.13. The fraction of sp³-hybridized carbons (Fsp3) is 0.364. The maximum Gasteiger partial charge on any atom is 0.416 e. The highest BCUT2D eigenvalue weighted by molar-refractivity contribution is 5.94. The molecule has 2 aromatic rings. The van der Waals surface area contributed by atoms with Crippen LogP contribution in [0.4, 0.5) is 13.2 Å². The zero-order valence-corrected chi connectivity index (χ0v) is 17.3. The number of aliphatic imine (C=N–C) groups is 1. The van der Waals surface area contributed by atoms with E-state index >= 15 is 0 Å². The predicted octanol–water partition coefficient (Wildman–Crippen LogP) is 4.10. The number of amides is 1. The van der Waals surface area contributed by atoms with Gasteiger partial charge in [-0.3, -0.25) is 9.79 Å². The van der Waals surface area contributed by atoms with Gasteiger partial charge in [0.25, 0.3) is 5.91 Å². The van der Waals surface area contributed by atoms with Gasteiger partial charge in [0.05, 0.1) is 5.56 Å². The zero-order valence-electron chi connectivity index (χ0n) is 17.3. The van der Waals surface area contributed by atoms with Crippen LogP contribution in [0.3, 0.4) is 0 Å². The smallest absolute Gasteiger partial charge is 0.352 e. The number of carbonyl (C=O) groups is 1. The molecule has 0 bridgehead atoms. The Hall–Kier alpha value is -3.03. The van der Waals surface area contributed by atoms with Gasteiger partial charge in [-0.1, -0.05) is 31.2 Å². The first-order valence-electron chi connectivity index (χ1n) is 9.73. The topological polar surface area (TPSA) is 65.5 Å². The van der Waals surface area contributed by atoms with E-state index in [-0.39, 0.29) is 11.9 Å². The summed E-state index contributed by atoms with van der Waals surface area (Å²) >= 11 is 0. The Balaban J connectivity index is 1.84. The van der Waals surface area contributed by atoms with Crippen molar-refractivity contribution in [1.29, 1.82) is 0 Å². The maximum atomic E-state index is 12.6. The van der Waals surface area contributed by atoms with Gasteiger partial charge < -0.3 is 16.0 Å². The molecule has 162 valence electrons. The number of halogens is 3. The Morgan fingerprint density at radius 1 is 0.967 bits per heavy atom. The Kier molecular flexibility index (Phi) is 8.26. The molecule has 0 aliphatic heterocycles. The lowest BCUT2D eigenvalue weighted by atomic mass is 10.1. The first kappa shape index (κ1) is 23.3. The highest BCUT2D eigenvalue weighted by atomic mass is 19.4. The molecule has 0 aliphatic rings. The second-order valence-corrected chi connectivity index (χ2v) is 6.95. The van der Waals surface area contributed by atoms with E-state index in [1.807, 2.05) is 26.0 Å². The first-order chi connectivity index (χ1) is 14.2. The minimum atomic E-state index is -4.34. The molecule has 0 radical (unpaired) electrons. The van der Waals surface area contributed by atoms with Crippen molar-refractivity contribution in [1.82, 2.24) is 16.0 Å². The van der Waals surface area contributed by atoms with Crippen molar-refractivity contribution in [3.8, 4) is 0 Å². The van der Waals surface area contributed by atoms with Gasteiger partial charge in [-0.25, -0.2) is 0 Å². The molecule has 1 atom stereocenters. The second-order valence-electron chi connectivity index (χ2n) is 6.95. The SMILES string of the molecule is CCC(C)NC(=O)c1ccc(CNC(=NC)NCc2ccc(C(F)(F)F)cc2)cc1. The van der Waals surface area contributed by atoms with Crippen LogP contribution in [0.2, 0.25) is 0 Å². The van der Waals surface area contributed by atoms with Gasteiger partial charge in [-0.2, -0.15) is 13.2 Å². The fourth-order valence-corrected chi connectivity index (χ4v) is 2.59. The van der Waals surface area contributed by atoms with Crippen molar-refractivity contribution in [2.45, 2.75) is 45.6 Å². The molecule has 3 N–H and O–H groups in total. The molecule has 1 amide bonds. The molecule has 0 aromatic heterocycles. The Morgan fingerprint density at radius 2 is 1.47 bits per heavy atom. The number of guanidine groups is 1. The van der Waals surface area contributed by atoms with Crippen LogP contribution in [0.15, 0.2) is 53.5 Å². The molecule has 1 unspecified atom stereocenters. The molecule has 0 heterocycles. The number of nitrogens with one attached hydrogen (secondary N) is 3. The number of hydrogen-bond acceptors (Lipinski definition) is 2. The standard InChI is InChI=1S/C22H27F3N4O/c1-4-15(2)29-20(30)18-9-5-16(6-10-18)13-27-21(26-3)28-14-17-7-11-19(12-8-17)22(23,24)25/h5-12,15H,4,13-14H2,1-3H3,(H,29,30)(H2,26,27,28).